The van der Waals surface area contributed by atoms with Crippen LogP contribution in [-0.4, -0.2) is 0 Å². The largest absolute Gasteiger partial charge is 0.0993 e. The van der Waals surface area contributed by atoms with Crippen LogP contribution in [0.25, 0.3) is 5.57 Å². The van der Waals surface area contributed by atoms with Crippen molar-refractivity contribution in [3.63, 3.8) is 0 Å². The van der Waals surface area contributed by atoms with Crippen LogP contribution in [0.2, 0.25) is 0 Å². The van der Waals surface area contributed by atoms with Crippen molar-refractivity contribution in [1.82, 2.24) is 0 Å². The molecule has 0 amide bonds. The van der Waals surface area contributed by atoms with Crippen molar-refractivity contribution in [3.05, 3.63) is 65.3 Å². The Labute approximate surface area is 123 Å². The molecule has 20 heavy (non-hydrogen) atoms. The molecule has 2 rings (SSSR count). The minimum atomic E-state index is 0.500. The van der Waals surface area contributed by atoms with Crippen LogP contribution in [0.3, 0.4) is 0 Å². The van der Waals surface area contributed by atoms with Crippen LogP contribution in [0, 0.1) is 24.7 Å². The highest BCUT2D eigenvalue weighted by atomic mass is 14.3. The predicted molar refractivity (Wildman–Crippen MR) is 89.5 cm³/mol. The normalized spacial score (nSPS) is 19.8. The molecule has 0 nitrogen and oxygen atoms in total. The fourth-order valence-electron chi connectivity index (χ4n) is 3.01. The Bertz CT molecular complexity index is 569. The van der Waals surface area contributed by atoms with Gasteiger partial charge in [-0.2, -0.15) is 0 Å². The SMILES string of the molecule is C=C(C(C)C)C(C)C1C=C(c2cccc(C)c2)C=C1C. The van der Waals surface area contributed by atoms with Gasteiger partial charge in [0.25, 0.3) is 0 Å². The lowest BCUT2D eigenvalue weighted by Crippen LogP contribution is -2.14. The van der Waals surface area contributed by atoms with Gasteiger partial charge in [-0.05, 0) is 36.8 Å². The van der Waals surface area contributed by atoms with Crippen molar-refractivity contribution in [2.45, 2.75) is 34.6 Å². The van der Waals surface area contributed by atoms with Crippen LogP contribution >= 0.6 is 0 Å². The Kier molecular flexibility index (Phi) is 4.32. The summed E-state index contributed by atoms with van der Waals surface area (Å²) in [4.78, 5) is 0. The van der Waals surface area contributed by atoms with Crippen LogP contribution in [0.1, 0.15) is 38.8 Å². The third kappa shape index (κ3) is 2.95. The highest BCUT2D eigenvalue weighted by molar-refractivity contribution is 5.78. The lowest BCUT2D eigenvalue weighted by atomic mass is 9.81. The second-order valence-electron chi connectivity index (χ2n) is 6.42. The molecular formula is C20H26. The van der Waals surface area contributed by atoms with E-state index >= 15 is 0 Å². The lowest BCUT2D eigenvalue weighted by Gasteiger charge is -2.24. The monoisotopic (exact) mass is 266 g/mol. The Balaban J connectivity index is 2.27. The molecule has 0 saturated heterocycles. The summed E-state index contributed by atoms with van der Waals surface area (Å²) in [5, 5.41) is 0. The van der Waals surface area contributed by atoms with Crippen LogP contribution in [-0.2, 0) is 0 Å². The fourth-order valence-corrected chi connectivity index (χ4v) is 3.01. The molecule has 2 atom stereocenters. The molecule has 2 unspecified atom stereocenters. The third-order valence-corrected chi connectivity index (χ3v) is 4.48. The molecule has 106 valence electrons. The summed E-state index contributed by atoms with van der Waals surface area (Å²) in [5.41, 5.74) is 6.81. The first-order chi connectivity index (χ1) is 9.40. The molecule has 1 aromatic rings. The second-order valence-corrected chi connectivity index (χ2v) is 6.42. The number of hydrogen-bond donors (Lipinski definition) is 0. The van der Waals surface area contributed by atoms with E-state index in [1.807, 2.05) is 0 Å². The van der Waals surface area contributed by atoms with Gasteiger partial charge in [0.15, 0.2) is 0 Å². The minimum absolute atomic E-state index is 0.500. The highest BCUT2D eigenvalue weighted by Gasteiger charge is 2.25. The first-order valence-corrected chi connectivity index (χ1v) is 7.56. The fraction of sp³-hybridized carbons (Fsp3) is 0.400. The maximum atomic E-state index is 4.29. The van der Waals surface area contributed by atoms with Gasteiger partial charge in [-0.25, -0.2) is 0 Å². The highest BCUT2D eigenvalue weighted by Crippen LogP contribution is 2.38. The summed E-state index contributed by atoms with van der Waals surface area (Å²) in [5.74, 6) is 1.56. The Morgan fingerprint density at radius 3 is 2.45 bits per heavy atom. The van der Waals surface area contributed by atoms with Gasteiger partial charge in [0, 0.05) is 5.92 Å². The van der Waals surface area contributed by atoms with Gasteiger partial charge >= 0.3 is 0 Å². The number of allylic oxidation sites excluding steroid dienone is 5. The lowest BCUT2D eigenvalue weighted by molar-refractivity contribution is 0.506. The summed E-state index contributed by atoms with van der Waals surface area (Å²) in [6.45, 7) is 15.5. The van der Waals surface area contributed by atoms with Gasteiger partial charge in [0.1, 0.15) is 0 Å². The maximum Gasteiger partial charge on any atom is 0.00494 e. The molecule has 1 aliphatic carbocycles. The molecule has 0 aromatic heterocycles. The number of rotatable bonds is 4. The van der Waals surface area contributed by atoms with Crippen molar-refractivity contribution in [3.8, 4) is 0 Å². The quantitative estimate of drug-likeness (QED) is 0.604. The van der Waals surface area contributed by atoms with Crippen molar-refractivity contribution < 1.29 is 0 Å². The van der Waals surface area contributed by atoms with Crippen LogP contribution in [0.4, 0.5) is 0 Å². The van der Waals surface area contributed by atoms with E-state index in [0.717, 1.165) is 0 Å². The van der Waals surface area contributed by atoms with Crippen LogP contribution < -0.4 is 0 Å². The van der Waals surface area contributed by atoms with E-state index in [1.54, 1.807) is 0 Å². The number of aryl methyl sites for hydroxylation is 1. The van der Waals surface area contributed by atoms with Gasteiger partial charge in [0.05, 0.1) is 0 Å². The van der Waals surface area contributed by atoms with Crippen molar-refractivity contribution in [2.24, 2.45) is 17.8 Å². The van der Waals surface area contributed by atoms with E-state index in [0.29, 0.717) is 17.8 Å². The molecule has 1 aromatic carbocycles. The topological polar surface area (TPSA) is 0 Å². The van der Waals surface area contributed by atoms with Gasteiger partial charge in [0.2, 0.25) is 0 Å². The van der Waals surface area contributed by atoms with Gasteiger partial charge in [-0.15, -0.1) is 0 Å². The summed E-state index contributed by atoms with van der Waals surface area (Å²) < 4.78 is 0. The number of hydrogen-bond acceptors (Lipinski definition) is 0. The zero-order chi connectivity index (χ0) is 14.9. The maximum absolute atomic E-state index is 4.29. The average Bonchev–Trinajstić information content (AvgIpc) is 2.79. The van der Waals surface area contributed by atoms with E-state index < -0.39 is 0 Å². The van der Waals surface area contributed by atoms with E-state index in [2.05, 4.69) is 77.6 Å². The first kappa shape index (κ1) is 14.8. The average molecular weight is 266 g/mol. The zero-order valence-corrected chi connectivity index (χ0v) is 13.4. The van der Waals surface area contributed by atoms with E-state index in [1.165, 1.54) is 27.8 Å². The molecular weight excluding hydrogens is 240 g/mol. The number of benzene rings is 1. The predicted octanol–water partition coefficient (Wildman–Crippen LogP) is 5.80. The Hall–Kier alpha value is -1.56. The smallest absolute Gasteiger partial charge is 0.00494 e. The molecule has 0 saturated carbocycles. The summed E-state index contributed by atoms with van der Waals surface area (Å²) in [6.07, 6.45) is 4.76. The third-order valence-electron chi connectivity index (χ3n) is 4.48. The summed E-state index contributed by atoms with van der Waals surface area (Å²) >= 11 is 0. The zero-order valence-electron chi connectivity index (χ0n) is 13.4. The molecule has 0 N–H and O–H groups in total. The molecule has 0 aliphatic heterocycles. The Morgan fingerprint density at radius 2 is 1.85 bits per heavy atom. The van der Waals surface area contributed by atoms with Gasteiger partial charge in [-0.3, -0.25) is 0 Å². The molecule has 0 fully saturated rings. The van der Waals surface area contributed by atoms with Crippen molar-refractivity contribution in [2.75, 3.05) is 0 Å². The van der Waals surface area contributed by atoms with Crippen LogP contribution in [0.15, 0.2) is 54.1 Å². The first-order valence-electron chi connectivity index (χ1n) is 7.56. The molecule has 1 aliphatic rings. The standard InChI is InChI=1S/C20H26/c1-13(2)16(5)17(6)20-12-19(11-15(20)4)18-9-7-8-14(3)10-18/h7-13,17,20H,5H2,1-4,6H3. The molecule has 0 spiro atoms. The van der Waals surface area contributed by atoms with E-state index in [9.17, 15) is 0 Å². The summed E-state index contributed by atoms with van der Waals surface area (Å²) in [7, 11) is 0. The summed E-state index contributed by atoms with van der Waals surface area (Å²) in [6, 6.07) is 8.75. The van der Waals surface area contributed by atoms with Gasteiger partial charge < -0.3 is 0 Å². The van der Waals surface area contributed by atoms with E-state index in [-0.39, 0.29) is 0 Å². The van der Waals surface area contributed by atoms with Crippen molar-refractivity contribution in [1.29, 1.82) is 0 Å². The Morgan fingerprint density at radius 1 is 1.15 bits per heavy atom. The minimum Gasteiger partial charge on any atom is -0.0993 e. The van der Waals surface area contributed by atoms with Crippen LogP contribution in [0.5, 0.6) is 0 Å². The molecule has 0 heterocycles. The second kappa shape index (κ2) is 5.83. The van der Waals surface area contributed by atoms with Gasteiger partial charge in [-0.1, -0.05) is 80.5 Å². The molecule has 0 radical (unpaired) electrons. The molecule has 0 heteroatoms. The van der Waals surface area contributed by atoms with E-state index in [4.69, 9.17) is 0 Å². The molecule has 0 bridgehead atoms. The van der Waals surface area contributed by atoms with Crippen molar-refractivity contribution >= 4 is 5.57 Å².